The maximum Gasteiger partial charge on any atom is 0.323 e. The van der Waals surface area contributed by atoms with Crippen molar-refractivity contribution in [1.29, 1.82) is 0 Å². The molecule has 4 aromatic carbocycles. The minimum atomic E-state index is -0.441. The van der Waals surface area contributed by atoms with Gasteiger partial charge >= 0.3 is 6.03 Å². The second kappa shape index (κ2) is 14.2. The number of carbonyl (C=O) groups is 2. The number of fused-ring (bicyclic) bond motifs is 1. The molecule has 0 unspecified atom stereocenters. The van der Waals surface area contributed by atoms with Crippen LogP contribution in [0.2, 0.25) is 0 Å². The molecular weight excluding hydrogens is 552 g/mol. The summed E-state index contributed by atoms with van der Waals surface area (Å²) in [5.41, 5.74) is 4.92. The number of benzene rings is 4. The van der Waals surface area contributed by atoms with E-state index in [1.807, 2.05) is 43.3 Å². The van der Waals surface area contributed by atoms with Crippen molar-refractivity contribution < 1.29 is 19.4 Å². The summed E-state index contributed by atoms with van der Waals surface area (Å²) in [6.07, 6.45) is -0.302. The SMILES string of the molecule is C[C@H](CO)N1C[C@H](C)[C@H](CN(C)Cc2ccc(-c3ccccc3)cc2)Oc2c(NC(=O)Nc3ccccc3)cccc2C1=O. The number of aliphatic hydroxyl groups excluding tert-OH is 1. The molecule has 0 aliphatic carbocycles. The third-order valence-electron chi connectivity index (χ3n) is 7.98. The van der Waals surface area contributed by atoms with Gasteiger partial charge in [0.15, 0.2) is 5.75 Å². The summed E-state index contributed by atoms with van der Waals surface area (Å²) >= 11 is 0. The molecule has 1 aliphatic rings. The monoisotopic (exact) mass is 592 g/mol. The molecular formula is C36H40N4O4. The van der Waals surface area contributed by atoms with E-state index in [1.54, 1.807) is 35.2 Å². The van der Waals surface area contributed by atoms with Crippen molar-refractivity contribution >= 4 is 23.3 Å². The highest BCUT2D eigenvalue weighted by molar-refractivity contribution is 6.04. The number of nitrogens with one attached hydrogen (secondary N) is 2. The first-order valence-corrected chi connectivity index (χ1v) is 15.0. The summed E-state index contributed by atoms with van der Waals surface area (Å²) in [7, 11) is 2.05. The van der Waals surface area contributed by atoms with Gasteiger partial charge in [-0.1, -0.05) is 85.8 Å². The molecule has 0 saturated heterocycles. The van der Waals surface area contributed by atoms with Crippen molar-refractivity contribution in [3.05, 3.63) is 114 Å². The van der Waals surface area contributed by atoms with Gasteiger partial charge in [-0.25, -0.2) is 4.79 Å². The predicted molar refractivity (Wildman–Crippen MR) is 175 cm³/mol. The topological polar surface area (TPSA) is 94.1 Å². The number of amides is 3. The molecule has 8 nitrogen and oxygen atoms in total. The van der Waals surface area contributed by atoms with Gasteiger partial charge in [0.2, 0.25) is 0 Å². The predicted octanol–water partition coefficient (Wildman–Crippen LogP) is 6.35. The molecule has 0 radical (unpaired) electrons. The lowest BCUT2D eigenvalue weighted by atomic mass is 9.98. The van der Waals surface area contributed by atoms with Gasteiger partial charge in [0.05, 0.1) is 23.9 Å². The van der Waals surface area contributed by atoms with Crippen LogP contribution in [0.4, 0.5) is 16.2 Å². The number of ether oxygens (including phenoxy) is 1. The van der Waals surface area contributed by atoms with E-state index in [2.05, 4.69) is 65.9 Å². The zero-order valence-electron chi connectivity index (χ0n) is 25.4. The number of hydrogen-bond acceptors (Lipinski definition) is 5. The molecule has 0 spiro atoms. The molecule has 8 heteroatoms. The van der Waals surface area contributed by atoms with Crippen LogP contribution in [-0.4, -0.2) is 65.7 Å². The summed E-state index contributed by atoms with van der Waals surface area (Å²) in [5.74, 6) is 0.0223. The molecule has 1 aliphatic heterocycles. The van der Waals surface area contributed by atoms with E-state index in [0.29, 0.717) is 42.3 Å². The van der Waals surface area contributed by atoms with E-state index in [1.165, 1.54) is 16.7 Å². The standard InChI is InChI=1S/C36H40N4O4/c1-25-21-40(26(2)24-41)35(42)31-15-10-16-32(38-36(43)37-30-13-8-5-9-14-30)34(31)44-33(25)23-39(3)22-27-17-19-29(20-18-27)28-11-6-4-7-12-28/h4-20,25-26,33,41H,21-24H2,1-3H3,(H2,37,38,43)/t25-,26+,33-/m0/s1. The average molecular weight is 593 g/mol. The van der Waals surface area contributed by atoms with Gasteiger partial charge in [-0.2, -0.15) is 0 Å². The smallest absolute Gasteiger partial charge is 0.323 e. The van der Waals surface area contributed by atoms with Crippen LogP contribution in [-0.2, 0) is 6.54 Å². The molecule has 0 aromatic heterocycles. The van der Waals surface area contributed by atoms with E-state index < -0.39 is 6.03 Å². The zero-order valence-corrected chi connectivity index (χ0v) is 25.4. The second-order valence-electron chi connectivity index (χ2n) is 11.5. The van der Waals surface area contributed by atoms with Crippen molar-refractivity contribution in [2.24, 2.45) is 5.92 Å². The fourth-order valence-corrected chi connectivity index (χ4v) is 5.48. The maximum atomic E-state index is 13.8. The van der Waals surface area contributed by atoms with Crippen molar-refractivity contribution in [2.75, 3.05) is 37.4 Å². The van der Waals surface area contributed by atoms with Gasteiger partial charge in [-0.15, -0.1) is 0 Å². The average Bonchev–Trinajstić information content (AvgIpc) is 3.04. The van der Waals surface area contributed by atoms with E-state index in [0.717, 1.165) is 0 Å². The van der Waals surface area contributed by atoms with Crippen molar-refractivity contribution in [1.82, 2.24) is 9.80 Å². The summed E-state index contributed by atoms with van der Waals surface area (Å²) in [6.45, 7) is 5.46. The molecule has 228 valence electrons. The molecule has 0 saturated carbocycles. The largest absolute Gasteiger partial charge is 0.486 e. The summed E-state index contributed by atoms with van der Waals surface area (Å²) < 4.78 is 6.65. The van der Waals surface area contributed by atoms with Gasteiger partial charge in [-0.3, -0.25) is 9.69 Å². The minimum absolute atomic E-state index is 0.0600. The highest BCUT2D eigenvalue weighted by Crippen LogP contribution is 2.35. The molecule has 44 heavy (non-hydrogen) atoms. The lowest BCUT2D eigenvalue weighted by Gasteiger charge is -2.38. The summed E-state index contributed by atoms with van der Waals surface area (Å²) in [4.78, 5) is 30.6. The molecule has 0 fully saturated rings. The van der Waals surface area contributed by atoms with Crippen LogP contribution in [0.25, 0.3) is 11.1 Å². The number of rotatable bonds is 9. The third kappa shape index (κ3) is 7.45. The van der Waals surface area contributed by atoms with Crippen LogP contribution < -0.4 is 15.4 Å². The molecule has 3 N–H and O–H groups in total. The Labute approximate surface area is 259 Å². The van der Waals surface area contributed by atoms with Crippen molar-refractivity contribution in [3.8, 4) is 16.9 Å². The Morgan fingerprint density at radius 3 is 2.27 bits per heavy atom. The van der Waals surface area contributed by atoms with E-state index in [4.69, 9.17) is 4.74 Å². The van der Waals surface area contributed by atoms with Crippen molar-refractivity contribution in [3.63, 3.8) is 0 Å². The number of carbonyl (C=O) groups excluding carboxylic acids is 2. The highest BCUT2D eigenvalue weighted by atomic mass is 16.5. The van der Waals surface area contributed by atoms with E-state index in [9.17, 15) is 14.7 Å². The normalized spacial score (nSPS) is 17.2. The molecule has 1 heterocycles. The quantitative estimate of drug-likeness (QED) is 0.211. The Kier molecular flexibility index (Phi) is 9.94. The Morgan fingerprint density at radius 2 is 1.59 bits per heavy atom. The Balaban J connectivity index is 1.37. The number of urea groups is 1. The maximum absolute atomic E-state index is 13.8. The van der Waals surface area contributed by atoms with Gasteiger partial charge in [0, 0.05) is 31.2 Å². The number of nitrogens with zero attached hydrogens (tertiary/aromatic N) is 2. The van der Waals surface area contributed by atoms with E-state index in [-0.39, 0.29) is 30.6 Å². The highest BCUT2D eigenvalue weighted by Gasteiger charge is 2.34. The van der Waals surface area contributed by atoms with Crippen molar-refractivity contribution in [2.45, 2.75) is 32.5 Å². The molecule has 0 bridgehead atoms. The van der Waals surface area contributed by atoms with Crippen LogP contribution in [0.1, 0.15) is 29.8 Å². The van der Waals surface area contributed by atoms with E-state index >= 15 is 0 Å². The summed E-state index contributed by atoms with van der Waals surface area (Å²) in [6, 6.07) is 32.4. The number of anilines is 2. The summed E-state index contributed by atoms with van der Waals surface area (Å²) in [5, 5.41) is 15.7. The Hall–Kier alpha value is -4.66. The molecule has 3 amide bonds. The second-order valence-corrected chi connectivity index (χ2v) is 11.5. The lowest BCUT2D eigenvalue weighted by molar-refractivity contribution is 0.0343. The van der Waals surface area contributed by atoms with Crippen LogP contribution in [0.3, 0.4) is 0 Å². The van der Waals surface area contributed by atoms with Gasteiger partial charge in [-0.05, 0) is 54.9 Å². The fourth-order valence-electron chi connectivity index (χ4n) is 5.48. The Morgan fingerprint density at radius 1 is 0.932 bits per heavy atom. The van der Waals surface area contributed by atoms with Gasteiger partial charge in [0.1, 0.15) is 6.10 Å². The fraction of sp³-hybridized carbons (Fsp3) is 0.278. The van der Waals surface area contributed by atoms with Crippen LogP contribution in [0.5, 0.6) is 5.75 Å². The first kappa shape index (κ1) is 30.8. The third-order valence-corrected chi connectivity index (χ3v) is 7.98. The lowest BCUT2D eigenvalue weighted by Crippen LogP contribution is -2.49. The molecule has 3 atom stereocenters. The molecule has 4 aromatic rings. The number of likely N-dealkylation sites (N-methyl/N-ethyl adjacent to an activating group) is 1. The van der Waals surface area contributed by atoms with Crippen LogP contribution >= 0.6 is 0 Å². The first-order chi connectivity index (χ1) is 21.3. The van der Waals surface area contributed by atoms with Gasteiger partial charge in [0.25, 0.3) is 5.91 Å². The first-order valence-electron chi connectivity index (χ1n) is 15.0. The Bertz CT molecular complexity index is 1550. The number of para-hydroxylation sites is 2. The number of hydrogen-bond donors (Lipinski definition) is 3. The van der Waals surface area contributed by atoms with Crippen LogP contribution in [0.15, 0.2) is 103 Å². The van der Waals surface area contributed by atoms with Gasteiger partial charge < -0.3 is 25.4 Å². The zero-order chi connectivity index (χ0) is 31.1. The minimum Gasteiger partial charge on any atom is -0.486 e. The molecule has 5 rings (SSSR count). The number of aliphatic hydroxyl groups is 1. The van der Waals surface area contributed by atoms with Crippen LogP contribution in [0, 0.1) is 5.92 Å².